The van der Waals surface area contributed by atoms with Crippen molar-refractivity contribution in [2.24, 2.45) is 5.92 Å². The van der Waals surface area contributed by atoms with E-state index in [1.807, 2.05) is 20.8 Å². The van der Waals surface area contributed by atoms with Crippen LogP contribution in [0.25, 0.3) is 0 Å². The van der Waals surface area contributed by atoms with Crippen LogP contribution in [0.5, 0.6) is 0 Å². The number of ether oxygens (including phenoxy) is 1. The third kappa shape index (κ3) is 3.05. The van der Waals surface area contributed by atoms with Gasteiger partial charge in [-0.05, 0) is 20.8 Å². The molecule has 0 aromatic rings. The molecule has 6 heteroatoms. The Labute approximate surface area is 97.0 Å². The summed E-state index contributed by atoms with van der Waals surface area (Å²) < 4.78 is 32.9. The van der Waals surface area contributed by atoms with Gasteiger partial charge in [0.05, 0.1) is 18.8 Å². The average molecular weight is 252 g/mol. The quantitative estimate of drug-likeness (QED) is 0.704. The fourth-order valence-corrected chi connectivity index (χ4v) is 3.08. The first-order valence-electron chi connectivity index (χ1n) is 5.57. The Morgan fingerprint density at radius 2 is 1.88 bits per heavy atom. The summed E-state index contributed by atoms with van der Waals surface area (Å²) >= 11 is 0. The summed E-state index contributed by atoms with van der Waals surface area (Å²) in [4.78, 5) is 0. The molecule has 1 rings (SSSR count). The Morgan fingerprint density at radius 3 is 2.25 bits per heavy atom. The minimum atomic E-state index is -3.43. The summed E-state index contributed by atoms with van der Waals surface area (Å²) in [5.74, 6) is 0.166. The normalized spacial score (nSPS) is 38.6. The molecule has 0 bridgehead atoms. The van der Waals surface area contributed by atoms with Gasteiger partial charge in [0, 0.05) is 13.0 Å². The van der Waals surface area contributed by atoms with Crippen LogP contribution in [-0.2, 0) is 22.9 Å². The Morgan fingerprint density at radius 1 is 1.25 bits per heavy atom. The fraction of sp³-hybridized carbons (Fsp3) is 1.00. The second-order valence-electron chi connectivity index (χ2n) is 4.02. The van der Waals surface area contributed by atoms with Crippen molar-refractivity contribution in [3.8, 4) is 0 Å². The highest BCUT2D eigenvalue weighted by molar-refractivity contribution is 7.48. The van der Waals surface area contributed by atoms with Crippen LogP contribution in [-0.4, -0.2) is 32.0 Å². The number of hydrogen-bond acceptors (Lipinski definition) is 5. The second-order valence-corrected chi connectivity index (χ2v) is 5.75. The molecule has 16 heavy (non-hydrogen) atoms. The third-order valence-corrected chi connectivity index (χ3v) is 4.44. The molecule has 1 saturated heterocycles. The minimum Gasteiger partial charge on any atom is -0.372 e. The van der Waals surface area contributed by atoms with Crippen molar-refractivity contribution < 1.29 is 22.9 Å². The summed E-state index contributed by atoms with van der Waals surface area (Å²) in [6.07, 6.45) is -0.270. The van der Waals surface area contributed by atoms with Crippen LogP contribution in [0, 0.1) is 5.92 Å². The van der Waals surface area contributed by atoms with Crippen molar-refractivity contribution in [2.75, 3.05) is 13.7 Å². The molecule has 0 aliphatic carbocycles. The van der Waals surface area contributed by atoms with Gasteiger partial charge in [0.2, 0.25) is 0 Å². The molecule has 5 unspecified atom stereocenters. The van der Waals surface area contributed by atoms with Crippen LogP contribution in [0.2, 0.25) is 0 Å². The zero-order valence-electron chi connectivity index (χ0n) is 10.5. The van der Waals surface area contributed by atoms with E-state index < -0.39 is 7.82 Å². The van der Waals surface area contributed by atoms with Crippen LogP contribution in [0.4, 0.5) is 0 Å². The van der Waals surface area contributed by atoms with Crippen molar-refractivity contribution in [1.82, 2.24) is 0 Å². The predicted octanol–water partition coefficient (Wildman–Crippen LogP) is 2.61. The molecule has 0 aromatic heterocycles. The summed E-state index contributed by atoms with van der Waals surface area (Å²) in [6, 6.07) is 0. The van der Waals surface area contributed by atoms with E-state index in [2.05, 4.69) is 0 Å². The van der Waals surface area contributed by atoms with Gasteiger partial charge in [-0.1, -0.05) is 6.92 Å². The molecule has 1 fully saturated rings. The summed E-state index contributed by atoms with van der Waals surface area (Å²) in [6.45, 7) is 7.91. The van der Waals surface area contributed by atoms with Gasteiger partial charge in [0.1, 0.15) is 6.10 Å². The largest absolute Gasteiger partial charge is 0.474 e. The standard InChI is InChI=1S/C10H21O5P/c1-6-13-16(11,12-5)15-10-7(2)8(3)14-9(10)4/h7-10H,6H2,1-5H3. The van der Waals surface area contributed by atoms with Crippen LogP contribution >= 0.6 is 7.82 Å². The lowest BCUT2D eigenvalue weighted by atomic mass is 10.0. The number of hydrogen-bond donors (Lipinski definition) is 0. The first-order valence-corrected chi connectivity index (χ1v) is 7.03. The van der Waals surface area contributed by atoms with E-state index >= 15 is 0 Å². The van der Waals surface area contributed by atoms with Gasteiger partial charge in [-0.15, -0.1) is 0 Å². The van der Waals surface area contributed by atoms with Crippen molar-refractivity contribution in [1.29, 1.82) is 0 Å². The minimum absolute atomic E-state index is 0.0898. The van der Waals surface area contributed by atoms with E-state index in [0.29, 0.717) is 0 Å². The Kier molecular flexibility index (Phi) is 4.95. The summed E-state index contributed by atoms with van der Waals surface area (Å²) in [7, 11) is -2.11. The zero-order chi connectivity index (χ0) is 12.3. The van der Waals surface area contributed by atoms with Crippen molar-refractivity contribution >= 4 is 7.82 Å². The maximum absolute atomic E-state index is 12.0. The molecule has 0 spiro atoms. The Hall–Kier alpha value is 0.0700. The maximum atomic E-state index is 12.0. The van der Waals surface area contributed by atoms with Gasteiger partial charge in [0.15, 0.2) is 0 Å². The van der Waals surface area contributed by atoms with E-state index in [-0.39, 0.29) is 30.8 Å². The van der Waals surface area contributed by atoms with Crippen molar-refractivity contribution in [2.45, 2.75) is 46.0 Å². The van der Waals surface area contributed by atoms with Crippen LogP contribution in [0.15, 0.2) is 0 Å². The second kappa shape index (κ2) is 5.61. The summed E-state index contributed by atoms with van der Waals surface area (Å²) in [5, 5.41) is 0. The van der Waals surface area contributed by atoms with E-state index in [9.17, 15) is 4.57 Å². The molecular formula is C10H21O5P. The van der Waals surface area contributed by atoms with Gasteiger partial charge in [-0.3, -0.25) is 13.6 Å². The molecular weight excluding hydrogens is 231 g/mol. The van der Waals surface area contributed by atoms with Gasteiger partial charge in [0.25, 0.3) is 0 Å². The number of rotatable bonds is 5. The molecule has 1 heterocycles. The molecule has 5 nitrogen and oxygen atoms in total. The average Bonchev–Trinajstić information content (AvgIpc) is 2.46. The lowest BCUT2D eigenvalue weighted by Crippen LogP contribution is -2.26. The predicted molar refractivity (Wildman–Crippen MR) is 60.3 cm³/mol. The molecule has 0 radical (unpaired) electrons. The zero-order valence-corrected chi connectivity index (χ0v) is 11.4. The fourth-order valence-electron chi connectivity index (χ4n) is 1.85. The molecule has 96 valence electrons. The first-order chi connectivity index (χ1) is 7.43. The van der Waals surface area contributed by atoms with Crippen LogP contribution in [0.3, 0.4) is 0 Å². The van der Waals surface area contributed by atoms with Crippen molar-refractivity contribution in [3.63, 3.8) is 0 Å². The van der Waals surface area contributed by atoms with Gasteiger partial charge < -0.3 is 4.74 Å². The van der Waals surface area contributed by atoms with E-state index in [4.69, 9.17) is 18.3 Å². The van der Waals surface area contributed by atoms with E-state index in [1.165, 1.54) is 7.11 Å². The lowest BCUT2D eigenvalue weighted by molar-refractivity contribution is 0.0198. The SMILES string of the molecule is CCOP(=O)(OC)OC1C(C)OC(C)C1C. The highest BCUT2D eigenvalue weighted by atomic mass is 31.2. The Bertz CT molecular complexity index is 270. The van der Waals surface area contributed by atoms with Gasteiger partial charge in [-0.2, -0.15) is 0 Å². The molecule has 1 aliphatic heterocycles. The van der Waals surface area contributed by atoms with Gasteiger partial charge >= 0.3 is 7.82 Å². The van der Waals surface area contributed by atoms with E-state index in [1.54, 1.807) is 6.92 Å². The summed E-state index contributed by atoms with van der Waals surface area (Å²) in [5.41, 5.74) is 0. The van der Waals surface area contributed by atoms with Crippen molar-refractivity contribution in [3.05, 3.63) is 0 Å². The molecule has 0 N–H and O–H groups in total. The third-order valence-electron chi connectivity index (χ3n) is 2.91. The molecule has 0 saturated carbocycles. The molecule has 5 atom stereocenters. The highest BCUT2D eigenvalue weighted by Crippen LogP contribution is 2.52. The number of phosphoric ester groups is 1. The van der Waals surface area contributed by atoms with E-state index in [0.717, 1.165) is 0 Å². The maximum Gasteiger partial charge on any atom is 0.474 e. The number of phosphoric acid groups is 1. The lowest BCUT2D eigenvalue weighted by Gasteiger charge is -2.23. The highest BCUT2D eigenvalue weighted by Gasteiger charge is 2.42. The smallest absolute Gasteiger partial charge is 0.372 e. The first kappa shape index (κ1) is 14.1. The molecule has 0 aromatic carbocycles. The van der Waals surface area contributed by atoms with Gasteiger partial charge in [-0.25, -0.2) is 4.57 Å². The molecule has 0 amide bonds. The van der Waals surface area contributed by atoms with Crippen LogP contribution in [0.1, 0.15) is 27.7 Å². The monoisotopic (exact) mass is 252 g/mol. The Balaban J connectivity index is 2.68. The van der Waals surface area contributed by atoms with Crippen LogP contribution < -0.4 is 0 Å². The topological polar surface area (TPSA) is 54.0 Å². The molecule has 1 aliphatic rings.